The van der Waals surface area contributed by atoms with E-state index in [4.69, 9.17) is 16.2 Å². The number of hydrogen-bond acceptors (Lipinski definition) is 5. The fourth-order valence-electron chi connectivity index (χ4n) is 2.44. The first-order valence-electron chi connectivity index (χ1n) is 7.08. The average Bonchev–Trinajstić information content (AvgIpc) is 2.76. The maximum absolute atomic E-state index is 11.3. The van der Waals surface area contributed by atoms with Gasteiger partial charge in [-0.1, -0.05) is 13.3 Å². The molecule has 1 saturated heterocycles. The Morgan fingerprint density at radius 2 is 2.05 bits per heavy atom. The van der Waals surface area contributed by atoms with Gasteiger partial charge in [0, 0.05) is 19.6 Å². The van der Waals surface area contributed by atoms with Crippen LogP contribution in [0, 0.1) is 0 Å². The molecule has 0 radical (unpaired) electrons. The third-order valence-electron chi connectivity index (χ3n) is 3.55. The zero-order valence-corrected chi connectivity index (χ0v) is 12.0. The minimum Gasteiger partial charge on any atom is -0.395 e. The van der Waals surface area contributed by atoms with Gasteiger partial charge in [-0.3, -0.25) is 14.4 Å². The molecule has 1 aliphatic rings. The molecule has 1 amide bonds. The monoisotopic (exact) mass is 281 g/mol. The Morgan fingerprint density at radius 3 is 2.65 bits per heavy atom. The van der Waals surface area contributed by atoms with Crippen molar-refractivity contribution >= 4 is 11.6 Å². The van der Waals surface area contributed by atoms with E-state index >= 15 is 0 Å². The molecule has 1 fully saturated rings. The number of primary amides is 1. The van der Waals surface area contributed by atoms with Crippen LogP contribution < -0.4 is 11.5 Å². The second-order valence-electron chi connectivity index (χ2n) is 5.00. The van der Waals surface area contributed by atoms with Crippen molar-refractivity contribution in [1.82, 2.24) is 14.7 Å². The fraction of sp³-hybridized carbons (Fsp3) is 0.692. The quantitative estimate of drug-likeness (QED) is 0.755. The van der Waals surface area contributed by atoms with Crippen LogP contribution >= 0.6 is 0 Å². The summed E-state index contributed by atoms with van der Waals surface area (Å²) < 4.78 is 7.15. The predicted molar refractivity (Wildman–Crippen MR) is 76.4 cm³/mol. The van der Waals surface area contributed by atoms with Gasteiger partial charge < -0.3 is 16.2 Å². The number of carbonyl (C=O) groups is 1. The van der Waals surface area contributed by atoms with Gasteiger partial charge in [0.2, 0.25) is 0 Å². The molecule has 0 atom stereocenters. The maximum atomic E-state index is 11.3. The van der Waals surface area contributed by atoms with E-state index in [2.05, 4.69) is 16.9 Å². The summed E-state index contributed by atoms with van der Waals surface area (Å²) in [6.07, 6.45) is 1.75. The van der Waals surface area contributed by atoms with E-state index in [0.29, 0.717) is 12.2 Å². The van der Waals surface area contributed by atoms with Crippen LogP contribution in [0.3, 0.4) is 0 Å². The Hall–Kier alpha value is -1.60. The number of anilines is 1. The van der Waals surface area contributed by atoms with Crippen molar-refractivity contribution < 1.29 is 9.53 Å². The first kappa shape index (κ1) is 14.8. The topological polar surface area (TPSA) is 99.4 Å². The molecule has 0 aromatic carbocycles. The van der Waals surface area contributed by atoms with Gasteiger partial charge in [0.05, 0.1) is 31.1 Å². The molecule has 0 aliphatic carbocycles. The number of ether oxygens (including phenoxy) is 1. The van der Waals surface area contributed by atoms with Crippen molar-refractivity contribution in [3.8, 4) is 0 Å². The number of rotatable bonds is 6. The summed E-state index contributed by atoms with van der Waals surface area (Å²) in [4.78, 5) is 13.7. The highest BCUT2D eigenvalue weighted by Gasteiger charge is 2.19. The molecule has 0 saturated carbocycles. The van der Waals surface area contributed by atoms with Crippen LogP contribution in [-0.2, 0) is 17.7 Å². The van der Waals surface area contributed by atoms with Crippen molar-refractivity contribution in [2.45, 2.75) is 26.3 Å². The summed E-state index contributed by atoms with van der Waals surface area (Å²) in [5.41, 5.74) is 12.8. The van der Waals surface area contributed by atoms with Gasteiger partial charge in [-0.2, -0.15) is 5.10 Å². The Labute approximate surface area is 118 Å². The molecule has 1 aromatic rings. The fourth-order valence-corrected chi connectivity index (χ4v) is 2.44. The molecule has 7 nitrogen and oxygen atoms in total. The summed E-state index contributed by atoms with van der Waals surface area (Å²) in [6.45, 7) is 7.07. The van der Waals surface area contributed by atoms with Gasteiger partial charge in [0.25, 0.3) is 5.91 Å². The Kier molecular flexibility index (Phi) is 4.97. The number of morpholine rings is 1. The Balaban J connectivity index is 2.08. The molecular weight excluding hydrogens is 258 g/mol. The lowest BCUT2D eigenvalue weighted by Gasteiger charge is -2.26. The largest absolute Gasteiger partial charge is 0.395 e. The van der Waals surface area contributed by atoms with Gasteiger partial charge in [0.1, 0.15) is 0 Å². The number of carbonyl (C=O) groups excluding carboxylic acids is 1. The predicted octanol–water partition coefficient (Wildman–Crippen LogP) is -0.151. The minimum atomic E-state index is -0.565. The van der Waals surface area contributed by atoms with Crippen LogP contribution in [0.2, 0.25) is 0 Å². The Bertz CT molecular complexity index is 466. The maximum Gasteiger partial charge on any atom is 0.271 e. The van der Waals surface area contributed by atoms with Crippen LogP contribution in [0.1, 0.15) is 29.5 Å². The number of nitrogens with two attached hydrogens (primary N) is 2. The van der Waals surface area contributed by atoms with Crippen LogP contribution in [-0.4, -0.2) is 53.4 Å². The summed E-state index contributed by atoms with van der Waals surface area (Å²) >= 11 is 0. The van der Waals surface area contributed by atoms with Crippen LogP contribution in [0.25, 0.3) is 0 Å². The highest BCUT2D eigenvalue weighted by molar-refractivity contribution is 5.96. The summed E-state index contributed by atoms with van der Waals surface area (Å²) in [5.74, 6) is -0.565. The van der Waals surface area contributed by atoms with E-state index in [1.54, 1.807) is 0 Å². The lowest BCUT2D eigenvalue weighted by molar-refractivity contribution is 0.0358. The second kappa shape index (κ2) is 6.71. The number of aromatic nitrogens is 2. The van der Waals surface area contributed by atoms with Crippen molar-refractivity contribution in [3.63, 3.8) is 0 Å². The van der Waals surface area contributed by atoms with Crippen molar-refractivity contribution in [1.29, 1.82) is 0 Å². The van der Waals surface area contributed by atoms with Crippen molar-refractivity contribution in [2.24, 2.45) is 5.73 Å². The molecule has 1 aliphatic heterocycles. The van der Waals surface area contributed by atoms with Crippen LogP contribution in [0.15, 0.2) is 0 Å². The average molecular weight is 281 g/mol. The summed E-state index contributed by atoms with van der Waals surface area (Å²) in [5, 5.41) is 4.27. The molecule has 7 heteroatoms. The standard InChI is InChI=1S/C13H23N5O2/c1-2-3-10-11(14)12(13(15)19)16-18(10)5-4-17-6-8-20-9-7-17/h2-9,14H2,1H3,(H2,15,19). The number of nitrogens with zero attached hydrogens (tertiary/aromatic N) is 3. The normalized spacial score (nSPS) is 16.4. The molecule has 0 spiro atoms. The smallest absolute Gasteiger partial charge is 0.271 e. The van der Waals surface area contributed by atoms with Crippen molar-refractivity contribution in [2.75, 3.05) is 38.6 Å². The first-order valence-corrected chi connectivity index (χ1v) is 7.08. The number of amides is 1. The van der Waals surface area contributed by atoms with E-state index in [-0.39, 0.29) is 5.69 Å². The minimum absolute atomic E-state index is 0.190. The highest BCUT2D eigenvalue weighted by Crippen LogP contribution is 2.18. The molecule has 0 bridgehead atoms. The lowest BCUT2D eigenvalue weighted by Crippen LogP contribution is -2.38. The first-order chi connectivity index (χ1) is 9.63. The second-order valence-corrected chi connectivity index (χ2v) is 5.00. The SMILES string of the molecule is CCCc1c(N)c(C(N)=O)nn1CCN1CCOCC1. The van der Waals surface area contributed by atoms with E-state index in [1.165, 1.54) is 0 Å². The molecule has 20 heavy (non-hydrogen) atoms. The van der Waals surface area contributed by atoms with Gasteiger partial charge in [-0.25, -0.2) is 0 Å². The third-order valence-corrected chi connectivity index (χ3v) is 3.55. The van der Waals surface area contributed by atoms with E-state index in [0.717, 1.165) is 51.4 Å². The van der Waals surface area contributed by atoms with E-state index in [9.17, 15) is 4.79 Å². The van der Waals surface area contributed by atoms with E-state index < -0.39 is 5.91 Å². The molecule has 112 valence electrons. The number of hydrogen-bond donors (Lipinski definition) is 2. The molecular formula is C13H23N5O2. The molecule has 1 aromatic heterocycles. The highest BCUT2D eigenvalue weighted by atomic mass is 16.5. The van der Waals surface area contributed by atoms with Gasteiger partial charge in [-0.15, -0.1) is 0 Å². The Morgan fingerprint density at radius 1 is 1.35 bits per heavy atom. The summed E-state index contributed by atoms with van der Waals surface area (Å²) in [7, 11) is 0. The van der Waals surface area contributed by atoms with Crippen LogP contribution in [0.5, 0.6) is 0 Å². The zero-order valence-electron chi connectivity index (χ0n) is 12.0. The van der Waals surface area contributed by atoms with Crippen molar-refractivity contribution in [3.05, 3.63) is 11.4 Å². The van der Waals surface area contributed by atoms with Gasteiger partial charge in [-0.05, 0) is 6.42 Å². The van der Waals surface area contributed by atoms with E-state index in [1.807, 2.05) is 4.68 Å². The zero-order chi connectivity index (χ0) is 14.5. The molecule has 4 N–H and O–H groups in total. The molecule has 2 rings (SSSR count). The molecule has 2 heterocycles. The number of nitrogen functional groups attached to an aromatic ring is 1. The van der Waals surface area contributed by atoms with Crippen LogP contribution in [0.4, 0.5) is 5.69 Å². The molecule has 0 unspecified atom stereocenters. The summed E-state index contributed by atoms with van der Waals surface area (Å²) in [6, 6.07) is 0. The third kappa shape index (κ3) is 3.29. The van der Waals surface area contributed by atoms with Gasteiger partial charge >= 0.3 is 0 Å². The van der Waals surface area contributed by atoms with Gasteiger partial charge in [0.15, 0.2) is 5.69 Å². The lowest BCUT2D eigenvalue weighted by atomic mass is 10.2.